The van der Waals surface area contributed by atoms with Crippen molar-refractivity contribution in [1.82, 2.24) is 15.0 Å². The summed E-state index contributed by atoms with van der Waals surface area (Å²) in [5.41, 5.74) is 0.882. The summed E-state index contributed by atoms with van der Waals surface area (Å²) in [6, 6.07) is 3.64. The Kier molecular flexibility index (Phi) is 3.87. The van der Waals surface area contributed by atoms with Gasteiger partial charge in [0, 0.05) is 18.8 Å². The van der Waals surface area contributed by atoms with E-state index in [1.54, 1.807) is 19.4 Å². The van der Waals surface area contributed by atoms with Crippen LogP contribution < -0.4 is 10.1 Å². The number of nitrogens with one attached hydrogen (secondary N) is 1. The van der Waals surface area contributed by atoms with Crippen molar-refractivity contribution >= 4 is 11.8 Å². The number of hydrogen-bond acceptors (Lipinski definition) is 6. The van der Waals surface area contributed by atoms with E-state index in [0.29, 0.717) is 18.2 Å². The average molecular weight is 260 g/mol. The summed E-state index contributed by atoms with van der Waals surface area (Å²) >= 11 is 0. The van der Waals surface area contributed by atoms with Crippen LogP contribution in [0.3, 0.4) is 0 Å². The van der Waals surface area contributed by atoms with Crippen molar-refractivity contribution in [2.75, 3.05) is 12.4 Å². The zero-order chi connectivity index (χ0) is 13.7. The largest absolute Gasteiger partial charge is 0.481 e. The lowest BCUT2D eigenvalue weighted by molar-refractivity contribution is 0.0690. The first kappa shape index (κ1) is 12.7. The Bertz CT molecular complexity index is 571. The quantitative estimate of drug-likeness (QED) is 0.833. The van der Waals surface area contributed by atoms with Gasteiger partial charge in [-0.25, -0.2) is 19.7 Å². The minimum atomic E-state index is -1.10. The fourth-order valence-corrected chi connectivity index (χ4v) is 1.39. The fraction of sp³-hybridized carbons (Fsp3) is 0.167. The Hall–Kier alpha value is -2.70. The zero-order valence-corrected chi connectivity index (χ0v) is 10.2. The number of carbonyl (C=O) groups is 1. The second-order valence-corrected chi connectivity index (χ2v) is 3.65. The maximum Gasteiger partial charge on any atom is 0.356 e. The number of methoxy groups -OCH3 is 1. The highest BCUT2D eigenvalue weighted by molar-refractivity contribution is 5.84. The van der Waals surface area contributed by atoms with E-state index in [-0.39, 0.29) is 5.69 Å². The average Bonchev–Trinajstić information content (AvgIpc) is 2.46. The minimum Gasteiger partial charge on any atom is -0.481 e. The minimum absolute atomic E-state index is 0.0869. The summed E-state index contributed by atoms with van der Waals surface area (Å²) in [5, 5.41) is 11.7. The lowest BCUT2D eigenvalue weighted by Crippen LogP contribution is -2.05. The van der Waals surface area contributed by atoms with Gasteiger partial charge < -0.3 is 15.2 Å². The molecule has 0 aliphatic heterocycles. The van der Waals surface area contributed by atoms with E-state index in [1.165, 1.54) is 12.4 Å². The van der Waals surface area contributed by atoms with Crippen molar-refractivity contribution in [3.05, 3.63) is 42.0 Å². The molecule has 2 aromatic rings. The molecular weight excluding hydrogens is 248 g/mol. The fourth-order valence-electron chi connectivity index (χ4n) is 1.39. The van der Waals surface area contributed by atoms with Gasteiger partial charge in [-0.3, -0.25) is 0 Å². The smallest absolute Gasteiger partial charge is 0.356 e. The molecule has 0 unspecified atom stereocenters. The number of nitrogens with zero attached hydrogens (tertiary/aromatic N) is 3. The normalized spacial score (nSPS) is 9.95. The number of aromatic nitrogens is 3. The van der Waals surface area contributed by atoms with Gasteiger partial charge in [-0.05, 0) is 11.6 Å². The van der Waals surface area contributed by atoms with Crippen molar-refractivity contribution in [2.45, 2.75) is 6.54 Å². The molecule has 0 fully saturated rings. The second-order valence-electron chi connectivity index (χ2n) is 3.65. The van der Waals surface area contributed by atoms with E-state index in [4.69, 9.17) is 9.84 Å². The molecule has 0 aliphatic carbocycles. The number of pyridine rings is 1. The third kappa shape index (κ3) is 3.38. The lowest BCUT2D eigenvalue weighted by atomic mass is 10.2. The Balaban J connectivity index is 1.99. The van der Waals surface area contributed by atoms with Crippen molar-refractivity contribution in [1.29, 1.82) is 0 Å². The molecule has 2 rings (SSSR count). The van der Waals surface area contributed by atoms with Gasteiger partial charge in [0.25, 0.3) is 0 Å². The SMILES string of the molecule is COc1cc(CNc2cnc(C(=O)O)cn2)ccn1. The molecule has 0 aromatic carbocycles. The molecule has 7 heteroatoms. The molecule has 0 atom stereocenters. The Morgan fingerprint density at radius 3 is 2.84 bits per heavy atom. The van der Waals surface area contributed by atoms with E-state index < -0.39 is 5.97 Å². The first-order chi connectivity index (χ1) is 9.19. The number of carboxylic acids is 1. The van der Waals surface area contributed by atoms with Crippen molar-refractivity contribution in [2.24, 2.45) is 0 Å². The van der Waals surface area contributed by atoms with E-state index in [2.05, 4.69) is 20.3 Å². The number of hydrogen-bond donors (Lipinski definition) is 2. The molecule has 0 saturated heterocycles. The number of aromatic carboxylic acids is 1. The molecule has 0 amide bonds. The van der Waals surface area contributed by atoms with Crippen LogP contribution in [0.2, 0.25) is 0 Å². The number of ether oxygens (including phenoxy) is 1. The van der Waals surface area contributed by atoms with Crippen LogP contribution in [0.25, 0.3) is 0 Å². The Labute approximate surface area is 109 Å². The van der Waals surface area contributed by atoms with Crippen LogP contribution in [0.1, 0.15) is 16.1 Å². The molecule has 0 spiro atoms. The monoisotopic (exact) mass is 260 g/mol. The summed E-state index contributed by atoms with van der Waals surface area (Å²) in [4.78, 5) is 22.3. The summed E-state index contributed by atoms with van der Waals surface area (Å²) in [6.07, 6.45) is 4.23. The van der Waals surface area contributed by atoms with Gasteiger partial charge >= 0.3 is 5.97 Å². The van der Waals surface area contributed by atoms with Crippen LogP contribution in [0, 0.1) is 0 Å². The predicted molar refractivity (Wildman–Crippen MR) is 67.1 cm³/mol. The van der Waals surface area contributed by atoms with Crippen LogP contribution in [-0.4, -0.2) is 33.1 Å². The molecule has 0 saturated carbocycles. The van der Waals surface area contributed by atoms with Gasteiger partial charge in [-0.1, -0.05) is 0 Å². The van der Waals surface area contributed by atoms with E-state index in [0.717, 1.165) is 5.56 Å². The lowest BCUT2D eigenvalue weighted by Gasteiger charge is -2.06. The van der Waals surface area contributed by atoms with Crippen LogP contribution >= 0.6 is 0 Å². The highest BCUT2D eigenvalue weighted by Gasteiger charge is 2.04. The molecule has 2 heterocycles. The standard InChI is InChI=1S/C12H12N4O3/c1-19-11-4-8(2-3-13-11)5-15-10-7-14-9(6-16-10)12(17)18/h2-4,6-7H,5H2,1H3,(H,15,16)(H,17,18). The van der Waals surface area contributed by atoms with E-state index in [1.807, 2.05) is 6.07 Å². The molecule has 0 bridgehead atoms. The maximum atomic E-state index is 10.6. The van der Waals surface area contributed by atoms with Gasteiger partial charge in [0.1, 0.15) is 5.82 Å². The van der Waals surface area contributed by atoms with Gasteiger partial charge in [-0.15, -0.1) is 0 Å². The van der Waals surface area contributed by atoms with Crippen LogP contribution in [0.4, 0.5) is 5.82 Å². The first-order valence-electron chi connectivity index (χ1n) is 5.47. The van der Waals surface area contributed by atoms with Gasteiger partial charge in [0.15, 0.2) is 5.69 Å². The van der Waals surface area contributed by atoms with Crippen molar-refractivity contribution in [3.8, 4) is 5.88 Å². The zero-order valence-electron chi connectivity index (χ0n) is 10.2. The molecular formula is C12H12N4O3. The van der Waals surface area contributed by atoms with Gasteiger partial charge in [0.2, 0.25) is 5.88 Å². The molecule has 98 valence electrons. The highest BCUT2D eigenvalue weighted by Crippen LogP contribution is 2.10. The summed E-state index contributed by atoms with van der Waals surface area (Å²) in [5.74, 6) is -0.0645. The second kappa shape index (κ2) is 5.76. The van der Waals surface area contributed by atoms with Gasteiger partial charge in [-0.2, -0.15) is 0 Å². The number of anilines is 1. The molecule has 2 N–H and O–H groups in total. The number of rotatable bonds is 5. The Morgan fingerprint density at radius 1 is 1.37 bits per heavy atom. The maximum absolute atomic E-state index is 10.6. The van der Waals surface area contributed by atoms with E-state index in [9.17, 15) is 4.79 Å². The molecule has 0 aliphatic rings. The molecule has 19 heavy (non-hydrogen) atoms. The summed E-state index contributed by atoms with van der Waals surface area (Å²) in [7, 11) is 1.55. The summed E-state index contributed by atoms with van der Waals surface area (Å²) < 4.78 is 5.02. The van der Waals surface area contributed by atoms with Crippen LogP contribution in [0.15, 0.2) is 30.7 Å². The number of carboxylic acid groups (broad SMARTS) is 1. The van der Waals surface area contributed by atoms with Crippen molar-refractivity contribution in [3.63, 3.8) is 0 Å². The molecule has 7 nitrogen and oxygen atoms in total. The van der Waals surface area contributed by atoms with Crippen LogP contribution in [0.5, 0.6) is 5.88 Å². The van der Waals surface area contributed by atoms with Crippen LogP contribution in [-0.2, 0) is 6.54 Å². The van der Waals surface area contributed by atoms with Crippen molar-refractivity contribution < 1.29 is 14.6 Å². The third-order valence-corrected chi connectivity index (χ3v) is 2.35. The summed E-state index contributed by atoms with van der Waals surface area (Å²) in [6.45, 7) is 0.514. The topological polar surface area (TPSA) is 97.2 Å². The first-order valence-corrected chi connectivity index (χ1v) is 5.47. The predicted octanol–water partition coefficient (Wildman–Crippen LogP) is 1.19. The Morgan fingerprint density at radius 2 is 2.21 bits per heavy atom. The third-order valence-electron chi connectivity index (χ3n) is 2.35. The van der Waals surface area contributed by atoms with Gasteiger partial charge in [0.05, 0.1) is 19.5 Å². The highest BCUT2D eigenvalue weighted by atomic mass is 16.5. The molecule has 0 radical (unpaired) electrons. The molecule has 2 aromatic heterocycles. The van der Waals surface area contributed by atoms with E-state index >= 15 is 0 Å².